The summed E-state index contributed by atoms with van der Waals surface area (Å²) in [5.41, 5.74) is 0.512. The second-order valence-electron chi connectivity index (χ2n) is 6.47. The Morgan fingerprint density at radius 1 is 1.14 bits per heavy atom. The molecule has 9 heteroatoms. The van der Waals surface area contributed by atoms with Crippen molar-refractivity contribution in [1.29, 1.82) is 0 Å². The second-order valence-corrected chi connectivity index (χ2v) is 6.47. The molecule has 1 saturated heterocycles. The molecule has 0 saturated carbocycles. The minimum Gasteiger partial charge on any atom is -0.493 e. The SMILES string of the molecule is CCOc1cc([N+](=O)[O-])c(C(=O)N2CCN(c3ccc(F)cc3)CC2)cc1OC. The number of anilines is 1. The van der Waals surface area contributed by atoms with Crippen LogP contribution in [0.1, 0.15) is 17.3 Å². The zero-order chi connectivity index (χ0) is 21.0. The number of methoxy groups -OCH3 is 1. The molecule has 1 amide bonds. The maximum absolute atomic E-state index is 13.1. The number of rotatable bonds is 6. The lowest BCUT2D eigenvalue weighted by molar-refractivity contribution is -0.385. The van der Waals surface area contributed by atoms with Gasteiger partial charge in [0.25, 0.3) is 11.6 Å². The first-order valence-corrected chi connectivity index (χ1v) is 9.23. The van der Waals surface area contributed by atoms with Crippen molar-refractivity contribution in [3.63, 3.8) is 0 Å². The molecule has 0 spiro atoms. The van der Waals surface area contributed by atoms with Crippen LogP contribution in [-0.4, -0.2) is 55.6 Å². The van der Waals surface area contributed by atoms with Gasteiger partial charge in [0.2, 0.25) is 0 Å². The van der Waals surface area contributed by atoms with Gasteiger partial charge in [-0.1, -0.05) is 0 Å². The van der Waals surface area contributed by atoms with Gasteiger partial charge in [0.1, 0.15) is 11.4 Å². The molecule has 2 aromatic rings. The van der Waals surface area contributed by atoms with Crippen molar-refractivity contribution in [1.82, 2.24) is 4.90 Å². The van der Waals surface area contributed by atoms with Gasteiger partial charge >= 0.3 is 0 Å². The fourth-order valence-electron chi connectivity index (χ4n) is 3.29. The van der Waals surface area contributed by atoms with Crippen LogP contribution in [0.3, 0.4) is 0 Å². The third-order valence-electron chi connectivity index (χ3n) is 4.77. The van der Waals surface area contributed by atoms with Crippen LogP contribution < -0.4 is 14.4 Å². The summed E-state index contributed by atoms with van der Waals surface area (Å²) < 4.78 is 23.7. The fraction of sp³-hybridized carbons (Fsp3) is 0.350. The Balaban J connectivity index is 1.79. The van der Waals surface area contributed by atoms with E-state index in [1.54, 1.807) is 24.0 Å². The highest BCUT2D eigenvalue weighted by atomic mass is 19.1. The predicted octanol–water partition coefficient (Wildman–Crippen LogP) is 3.10. The van der Waals surface area contributed by atoms with Gasteiger partial charge in [-0.2, -0.15) is 0 Å². The minimum atomic E-state index is -0.593. The smallest absolute Gasteiger partial charge is 0.286 e. The summed E-state index contributed by atoms with van der Waals surface area (Å²) in [7, 11) is 1.42. The largest absolute Gasteiger partial charge is 0.493 e. The van der Waals surface area contributed by atoms with E-state index in [1.165, 1.54) is 31.4 Å². The molecule has 0 atom stereocenters. The lowest BCUT2D eigenvalue weighted by Crippen LogP contribution is -2.48. The van der Waals surface area contributed by atoms with Crippen LogP contribution in [-0.2, 0) is 0 Å². The van der Waals surface area contributed by atoms with Gasteiger partial charge in [-0.25, -0.2) is 4.39 Å². The number of halogens is 1. The van der Waals surface area contributed by atoms with Crippen LogP contribution in [0.25, 0.3) is 0 Å². The van der Waals surface area contributed by atoms with Gasteiger partial charge in [-0.05, 0) is 31.2 Å². The third kappa shape index (κ3) is 4.39. The van der Waals surface area contributed by atoms with Crippen molar-refractivity contribution in [2.24, 2.45) is 0 Å². The van der Waals surface area contributed by atoms with E-state index in [1.807, 2.05) is 4.90 Å². The molecule has 29 heavy (non-hydrogen) atoms. The average Bonchev–Trinajstić information content (AvgIpc) is 2.74. The van der Waals surface area contributed by atoms with E-state index in [9.17, 15) is 19.3 Å². The number of hydrogen-bond donors (Lipinski definition) is 0. The molecular weight excluding hydrogens is 381 g/mol. The molecule has 2 aromatic carbocycles. The number of ether oxygens (including phenoxy) is 2. The van der Waals surface area contributed by atoms with Crippen molar-refractivity contribution in [2.75, 3.05) is 44.8 Å². The van der Waals surface area contributed by atoms with Crippen molar-refractivity contribution in [3.8, 4) is 11.5 Å². The number of benzene rings is 2. The summed E-state index contributed by atoms with van der Waals surface area (Å²) in [6.45, 7) is 3.93. The first-order valence-electron chi connectivity index (χ1n) is 9.23. The number of nitrogens with zero attached hydrogens (tertiary/aromatic N) is 3. The number of hydrogen-bond acceptors (Lipinski definition) is 6. The van der Waals surface area contributed by atoms with Crippen LogP contribution in [0.2, 0.25) is 0 Å². The first-order chi connectivity index (χ1) is 13.9. The standard InChI is InChI=1S/C20H22FN3O5/c1-3-29-19-13-17(24(26)27)16(12-18(19)28-2)20(25)23-10-8-22(9-11-23)15-6-4-14(21)5-7-15/h4-7,12-13H,3,8-11H2,1-2H3. The third-order valence-corrected chi connectivity index (χ3v) is 4.77. The molecule has 1 aliphatic rings. The Kier molecular flexibility index (Phi) is 6.16. The summed E-state index contributed by atoms with van der Waals surface area (Å²) in [4.78, 5) is 27.6. The Hall–Kier alpha value is -3.36. The zero-order valence-corrected chi connectivity index (χ0v) is 16.3. The van der Waals surface area contributed by atoms with Gasteiger partial charge in [0, 0.05) is 37.9 Å². The predicted molar refractivity (Wildman–Crippen MR) is 105 cm³/mol. The van der Waals surface area contributed by atoms with Gasteiger partial charge in [-0.3, -0.25) is 14.9 Å². The van der Waals surface area contributed by atoms with E-state index in [2.05, 4.69) is 0 Å². The average molecular weight is 403 g/mol. The highest BCUT2D eigenvalue weighted by molar-refractivity contribution is 5.99. The Morgan fingerprint density at radius 3 is 2.34 bits per heavy atom. The summed E-state index contributed by atoms with van der Waals surface area (Å²) in [5, 5.41) is 11.5. The molecular formula is C20H22FN3O5. The van der Waals surface area contributed by atoms with Crippen LogP contribution in [0.15, 0.2) is 36.4 Å². The van der Waals surface area contributed by atoms with Gasteiger partial charge < -0.3 is 19.3 Å². The van der Waals surface area contributed by atoms with E-state index < -0.39 is 10.8 Å². The number of piperazine rings is 1. The molecule has 1 fully saturated rings. The molecule has 0 bridgehead atoms. The van der Waals surface area contributed by atoms with E-state index in [-0.39, 0.29) is 28.6 Å². The van der Waals surface area contributed by atoms with Gasteiger partial charge in [-0.15, -0.1) is 0 Å². The van der Waals surface area contributed by atoms with E-state index in [4.69, 9.17) is 9.47 Å². The highest BCUT2D eigenvalue weighted by Gasteiger charge is 2.30. The maximum atomic E-state index is 13.1. The first kappa shape index (κ1) is 20.4. The summed E-state index contributed by atoms with van der Waals surface area (Å²) >= 11 is 0. The zero-order valence-electron chi connectivity index (χ0n) is 16.3. The second kappa shape index (κ2) is 8.76. The van der Waals surface area contributed by atoms with Crippen LogP contribution in [0, 0.1) is 15.9 Å². The van der Waals surface area contributed by atoms with E-state index in [0.717, 1.165) is 5.69 Å². The van der Waals surface area contributed by atoms with Gasteiger partial charge in [0.05, 0.1) is 24.7 Å². The van der Waals surface area contributed by atoms with Crippen molar-refractivity contribution < 1.29 is 23.6 Å². The van der Waals surface area contributed by atoms with E-state index in [0.29, 0.717) is 32.8 Å². The molecule has 0 N–H and O–H groups in total. The Bertz CT molecular complexity index is 896. The van der Waals surface area contributed by atoms with E-state index >= 15 is 0 Å². The molecule has 8 nitrogen and oxygen atoms in total. The number of nitro benzene ring substituents is 1. The molecule has 0 radical (unpaired) electrons. The molecule has 1 heterocycles. The van der Waals surface area contributed by atoms with Crippen molar-refractivity contribution >= 4 is 17.3 Å². The minimum absolute atomic E-state index is 0.0365. The number of carbonyl (C=O) groups excluding carboxylic acids is 1. The molecule has 0 aliphatic carbocycles. The topological polar surface area (TPSA) is 85.1 Å². The molecule has 1 aliphatic heterocycles. The Morgan fingerprint density at radius 2 is 1.79 bits per heavy atom. The van der Waals surface area contributed by atoms with Crippen LogP contribution in [0.4, 0.5) is 15.8 Å². The normalized spacial score (nSPS) is 13.9. The van der Waals surface area contributed by atoms with Crippen molar-refractivity contribution in [2.45, 2.75) is 6.92 Å². The molecule has 3 rings (SSSR count). The number of carbonyl (C=O) groups is 1. The lowest BCUT2D eigenvalue weighted by atomic mass is 10.1. The number of amides is 1. The highest BCUT2D eigenvalue weighted by Crippen LogP contribution is 2.35. The summed E-state index contributed by atoms with van der Waals surface area (Å²) in [5.74, 6) is -0.249. The Labute approximate surface area is 167 Å². The van der Waals surface area contributed by atoms with Gasteiger partial charge in [0.15, 0.2) is 11.5 Å². The summed E-state index contributed by atoms with van der Waals surface area (Å²) in [6, 6.07) is 8.75. The summed E-state index contributed by atoms with van der Waals surface area (Å²) in [6.07, 6.45) is 0. The van der Waals surface area contributed by atoms with Crippen LogP contribution >= 0.6 is 0 Å². The fourth-order valence-corrected chi connectivity index (χ4v) is 3.29. The lowest BCUT2D eigenvalue weighted by Gasteiger charge is -2.36. The van der Waals surface area contributed by atoms with Crippen molar-refractivity contribution in [3.05, 3.63) is 57.9 Å². The number of nitro groups is 1. The maximum Gasteiger partial charge on any atom is 0.286 e. The van der Waals surface area contributed by atoms with Crippen LogP contribution in [0.5, 0.6) is 11.5 Å². The molecule has 0 unspecified atom stereocenters. The molecule has 154 valence electrons. The monoisotopic (exact) mass is 403 g/mol. The quantitative estimate of drug-likeness (QED) is 0.544. The molecule has 0 aromatic heterocycles.